The Kier molecular flexibility index (Phi) is 3.79. The molecular weight excluding hydrogens is 255 g/mol. The molecule has 18 heavy (non-hydrogen) atoms. The van der Waals surface area contributed by atoms with Gasteiger partial charge in [0, 0.05) is 13.0 Å². The molecule has 0 saturated carbocycles. The van der Waals surface area contributed by atoms with Crippen molar-refractivity contribution in [2.45, 2.75) is 13.3 Å². The number of halogens is 3. The van der Waals surface area contributed by atoms with Crippen LogP contribution in [0.15, 0.2) is 18.2 Å². The minimum absolute atomic E-state index is 0.267. The van der Waals surface area contributed by atoms with E-state index >= 15 is 0 Å². The lowest BCUT2D eigenvalue weighted by atomic mass is 10.1. The zero-order valence-corrected chi connectivity index (χ0v) is 9.04. The highest BCUT2D eigenvalue weighted by molar-refractivity contribution is 6.00. The van der Waals surface area contributed by atoms with Crippen LogP contribution < -0.4 is 10.1 Å². The van der Waals surface area contributed by atoms with Gasteiger partial charge in [0.25, 0.3) is 0 Å². The molecule has 8 heteroatoms. The summed E-state index contributed by atoms with van der Waals surface area (Å²) in [6.45, 7) is 1.10. The molecule has 1 aromatic rings. The Balaban J connectivity index is 3.12. The second-order valence-electron chi connectivity index (χ2n) is 3.24. The number of hydrogen-bond acceptors (Lipinski definition) is 3. The minimum atomic E-state index is -4.89. The monoisotopic (exact) mass is 263 g/mol. The third-order valence-electron chi connectivity index (χ3n) is 1.77. The molecule has 0 aliphatic rings. The van der Waals surface area contributed by atoms with Gasteiger partial charge in [-0.3, -0.25) is 4.79 Å². The highest BCUT2D eigenvalue weighted by atomic mass is 19.4. The Bertz CT molecular complexity index is 485. The van der Waals surface area contributed by atoms with E-state index in [4.69, 9.17) is 5.11 Å². The summed E-state index contributed by atoms with van der Waals surface area (Å²) >= 11 is 0. The zero-order chi connectivity index (χ0) is 13.9. The molecule has 0 unspecified atom stereocenters. The summed E-state index contributed by atoms with van der Waals surface area (Å²) in [5, 5.41) is 10.9. The minimum Gasteiger partial charge on any atom is -0.478 e. The van der Waals surface area contributed by atoms with Gasteiger partial charge >= 0.3 is 12.3 Å². The van der Waals surface area contributed by atoms with Gasteiger partial charge in [0.2, 0.25) is 5.91 Å². The van der Waals surface area contributed by atoms with Gasteiger partial charge in [-0.1, -0.05) is 0 Å². The number of alkyl halides is 3. The first-order valence-corrected chi connectivity index (χ1v) is 4.60. The molecule has 0 saturated heterocycles. The molecule has 0 aromatic heterocycles. The molecule has 1 amide bonds. The van der Waals surface area contributed by atoms with Crippen molar-refractivity contribution in [3.63, 3.8) is 0 Å². The molecule has 5 nitrogen and oxygen atoms in total. The molecule has 0 heterocycles. The van der Waals surface area contributed by atoms with Crippen LogP contribution in [-0.2, 0) is 4.79 Å². The molecule has 0 spiro atoms. The number of hydrogen-bond donors (Lipinski definition) is 2. The van der Waals surface area contributed by atoms with Gasteiger partial charge in [-0.05, 0) is 12.1 Å². The summed E-state index contributed by atoms with van der Waals surface area (Å²) < 4.78 is 39.5. The SMILES string of the molecule is CC(=O)Nc1cc(OC(F)(F)F)ccc1C(=O)O. The van der Waals surface area contributed by atoms with Crippen LogP contribution in [0.2, 0.25) is 0 Å². The van der Waals surface area contributed by atoms with E-state index in [0.717, 1.165) is 25.1 Å². The van der Waals surface area contributed by atoms with E-state index in [1.165, 1.54) is 0 Å². The van der Waals surface area contributed by atoms with E-state index in [1.54, 1.807) is 0 Å². The maximum atomic E-state index is 12.0. The summed E-state index contributed by atoms with van der Waals surface area (Å²) in [6, 6.07) is 2.55. The third-order valence-corrected chi connectivity index (χ3v) is 1.77. The van der Waals surface area contributed by atoms with E-state index in [1.807, 2.05) is 0 Å². The molecule has 1 aromatic carbocycles. The van der Waals surface area contributed by atoms with Crippen molar-refractivity contribution in [3.05, 3.63) is 23.8 Å². The van der Waals surface area contributed by atoms with Crippen LogP contribution in [0.4, 0.5) is 18.9 Å². The first-order valence-electron chi connectivity index (χ1n) is 4.60. The quantitative estimate of drug-likeness (QED) is 0.876. The van der Waals surface area contributed by atoms with Gasteiger partial charge in [0.05, 0.1) is 11.3 Å². The maximum Gasteiger partial charge on any atom is 0.573 e. The van der Waals surface area contributed by atoms with Crippen LogP contribution in [0.1, 0.15) is 17.3 Å². The summed E-state index contributed by atoms with van der Waals surface area (Å²) in [5.74, 6) is -2.60. The van der Waals surface area contributed by atoms with Crippen molar-refractivity contribution in [2.75, 3.05) is 5.32 Å². The van der Waals surface area contributed by atoms with Crippen LogP contribution in [-0.4, -0.2) is 23.3 Å². The fourth-order valence-corrected chi connectivity index (χ4v) is 1.20. The predicted octanol–water partition coefficient (Wildman–Crippen LogP) is 2.24. The van der Waals surface area contributed by atoms with Crippen molar-refractivity contribution >= 4 is 17.6 Å². The second kappa shape index (κ2) is 4.94. The van der Waals surface area contributed by atoms with Gasteiger partial charge in [0.15, 0.2) is 0 Å². The molecule has 2 N–H and O–H groups in total. The highest BCUT2D eigenvalue weighted by Crippen LogP contribution is 2.27. The van der Waals surface area contributed by atoms with Gasteiger partial charge in [-0.15, -0.1) is 13.2 Å². The largest absolute Gasteiger partial charge is 0.573 e. The number of carbonyl (C=O) groups is 2. The highest BCUT2D eigenvalue weighted by Gasteiger charge is 2.31. The van der Waals surface area contributed by atoms with Crippen LogP contribution >= 0.6 is 0 Å². The van der Waals surface area contributed by atoms with E-state index in [2.05, 4.69) is 10.1 Å². The average Bonchev–Trinajstić information content (AvgIpc) is 2.13. The first-order chi connectivity index (χ1) is 8.19. The smallest absolute Gasteiger partial charge is 0.478 e. The van der Waals surface area contributed by atoms with E-state index < -0.39 is 24.0 Å². The van der Waals surface area contributed by atoms with Crippen molar-refractivity contribution in [1.82, 2.24) is 0 Å². The van der Waals surface area contributed by atoms with E-state index in [0.29, 0.717) is 0 Å². The number of anilines is 1. The summed E-state index contributed by atoms with van der Waals surface area (Å²) in [6.07, 6.45) is -4.89. The van der Waals surface area contributed by atoms with Gasteiger partial charge < -0.3 is 15.2 Å². The van der Waals surface area contributed by atoms with Crippen LogP contribution in [0.25, 0.3) is 0 Å². The molecule has 0 atom stereocenters. The number of rotatable bonds is 3. The number of amides is 1. The number of ether oxygens (including phenoxy) is 1. The summed E-state index contributed by atoms with van der Waals surface area (Å²) in [7, 11) is 0. The Labute approximate surface area is 99.2 Å². The second-order valence-corrected chi connectivity index (χ2v) is 3.24. The van der Waals surface area contributed by atoms with Crippen molar-refractivity contribution in [1.29, 1.82) is 0 Å². The Morgan fingerprint density at radius 1 is 1.33 bits per heavy atom. The maximum absolute atomic E-state index is 12.0. The fraction of sp³-hybridized carbons (Fsp3) is 0.200. The van der Waals surface area contributed by atoms with Crippen LogP contribution in [0.5, 0.6) is 5.75 Å². The lowest BCUT2D eigenvalue weighted by Gasteiger charge is -2.12. The van der Waals surface area contributed by atoms with Crippen molar-refractivity contribution in [2.24, 2.45) is 0 Å². The Hall–Kier alpha value is -2.25. The molecule has 0 aliphatic carbocycles. The molecule has 0 radical (unpaired) electrons. The number of benzene rings is 1. The topological polar surface area (TPSA) is 75.6 Å². The van der Waals surface area contributed by atoms with E-state index in [-0.39, 0.29) is 11.3 Å². The van der Waals surface area contributed by atoms with Crippen LogP contribution in [0, 0.1) is 0 Å². The molecule has 0 bridgehead atoms. The first kappa shape index (κ1) is 13.8. The molecule has 0 aliphatic heterocycles. The third kappa shape index (κ3) is 3.96. The number of carbonyl (C=O) groups excluding carboxylic acids is 1. The molecule has 98 valence electrons. The normalized spacial score (nSPS) is 10.9. The van der Waals surface area contributed by atoms with Crippen molar-refractivity contribution < 1.29 is 32.6 Å². The Morgan fingerprint density at radius 3 is 2.39 bits per heavy atom. The van der Waals surface area contributed by atoms with Crippen molar-refractivity contribution in [3.8, 4) is 5.75 Å². The van der Waals surface area contributed by atoms with Gasteiger partial charge in [0.1, 0.15) is 5.75 Å². The Morgan fingerprint density at radius 2 is 1.94 bits per heavy atom. The molecular formula is C10H8F3NO4. The molecule has 0 fully saturated rings. The summed E-state index contributed by atoms with van der Waals surface area (Å²) in [4.78, 5) is 21.6. The summed E-state index contributed by atoms with van der Waals surface area (Å²) in [5.41, 5.74) is -0.600. The lowest BCUT2D eigenvalue weighted by Crippen LogP contribution is -2.18. The lowest BCUT2D eigenvalue weighted by molar-refractivity contribution is -0.274. The number of aromatic carboxylic acids is 1. The standard InChI is InChI=1S/C10H8F3NO4/c1-5(15)14-8-4-6(18-10(11,12)13)2-3-7(8)9(16)17/h2-4H,1H3,(H,14,15)(H,16,17). The number of carboxylic acid groups (broad SMARTS) is 1. The number of nitrogens with one attached hydrogen (secondary N) is 1. The average molecular weight is 263 g/mol. The molecule has 1 rings (SSSR count). The fourth-order valence-electron chi connectivity index (χ4n) is 1.20. The van der Waals surface area contributed by atoms with Gasteiger partial charge in [-0.25, -0.2) is 4.79 Å². The zero-order valence-electron chi connectivity index (χ0n) is 9.04. The van der Waals surface area contributed by atoms with Crippen LogP contribution in [0.3, 0.4) is 0 Å². The predicted molar refractivity (Wildman–Crippen MR) is 54.4 cm³/mol. The van der Waals surface area contributed by atoms with Gasteiger partial charge in [-0.2, -0.15) is 0 Å². The number of carboxylic acids is 1. The van der Waals surface area contributed by atoms with E-state index in [9.17, 15) is 22.8 Å².